The molecular weight excluding hydrogens is 218 g/mol. The lowest BCUT2D eigenvalue weighted by molar-refractivity contribution is -0.492. The Labute approximate surface area is 93.5 Å². The van der Waals surface area contributed by atoms with E-state index in [1.807, 2.05) is 0 Å². The maximum atomic E-state index is 11.2. The molecule has 0 aliphatic rings. The highest BCUT2D eigenvalue weighted by Gasteiger charge is 2.17. The van der Waals surface area contributed by atoms with Crippen LogP contribution in [0.3, 0.4) is 0 Å². The molecule has 0 rings (SSSR count). The van der Waals surface area contributed by atoms with Crippen molar-refractivity contribution in [2.45, 2.75) is 31.9 Å². The van der Waals surface area contributed by atoms with Crippen molar-refractivity contribution in [3.05, 3.63) is 0 Å². The highest BCUT2D eigenvalue weighted by atomic mass is 17.1. The minimum Gasteiger partial charge on any atom is -0.391 e. The van der Waals surface area contributed by atoms with Crippen LogP contribution in [0.15, 0.2) is 0 Å². The van der Waals surface area contributed by atoms with E-state index in [1.54, 1.807) is 0 Å². The van der Waals surface area contributed by atoms with Gasteiger partial charge in [0.15, 0.2) is 0 Å². The van der Waals surface area contributed by atoms with Crippen LogP contribution in [0.5, 0.6) is 0 Å². The maximum Gasteiger partial charge on any atom is 0.239 e. The molecule has 0 spiro atoms. The Morgan fingerprint density at radius 1 is 1.50 bits per heavy atom. The van der Waals surface area contributed by atoms with Crippen LogP contribution in [0.1, 0.15) is 19.8 Å². The van der Waals surface area contributed by atoms with Crippen molar-refractivity contribution in [1.82, 2.24) is 10.7 Å². The Bertz CT molecular complexity index is 200. The van der Waals surface area contributed by atoms with Gasteiger partial charge in [0.25, 0.3) is 0 Å². The van der Waals surface area contributed by atoms with Crippen LogP contribution >= 0.6 is 0 Å². The first-order valence-electron chi connectivity index (χ1n) is 4.97. The lowest BCUT2D eigenvalue weighted by atomic mass is 10.2. The Kier molecular flexibility index (Phi) is 7.99. The van der Waals surface area contributed by atoms with Gasteiger partial charge in [-0.05, 0) is 19.8 Å². The summed E-state index contributed by atoms with van der Waals surface area (Å²) in [6.45, 7) is 1.96. The van der Waals surface area contributed by atoms with Crippen molar-refractivity contribution in [2.24, 2.45) is 5.73 Å². The van der Waals surface area contributed by atoms with E-state index in [0.717, 1.165) is 0 Å². The summed E-state index contributed by atoms with van der Waals surface area (Å²) in [7, 11) is 0. The Morgan fingerprint density at radius 2 is 2.12 bits per heavy atom. The van der Waals surface area contributed by atoms with Gasteiger partial charge < -0.3 is 16.2 Å². The van der Waals surface area contributed by atoms with E-state index in [0.29, 0.717) is 19.4 Å². The van der Waals surface area contributed by atoms with Gasteiger partial charge in [0.05, 0.1) is 18.1 Å². The minimum absolute atomic E-state index is 0.130. The van der Waals surface area contributed by atoms with E-state index < -0.39 is 18.1 Å². The molecule has 0 aliphatic heterocycles. The fourth-order valence-electron chi connectivity index (χ4n) is 0.922. The average Bonchev–Trinajstić information content (AvgIpc) is 2.21. The van der Waals surface area contributed by atoms with Gasteiger partial charge in [-0.3, -0.25) is 20.0 Å². The van der Waals surface area contributed by atoms with E-state index in [-0.39, 0.29) is 12.0 Å². The molecule has 0 heterocycles. The summed E-state index contributed by atoms with van der Waals surface area (Å²) >= 11 is 0. The monoisotopic (exact) mass is 237 g/mol. The number of hydrogen-bond acceptors (Lipinski definition) is 7. The maximum absolute atomic E-state index is 11.2. The van der Waals surface area contributed by atoms with Gasteiger partial charge >= 0.3 is 0 Å². The predicted molar refractivity (Wildman–Crippen MR) is 53.3 cm³/mol. The highest BCUT2D eigenvalue weighted by molar-refractivity contribution is 5.81. The quantitative estimate of drug-likeness (QED) is 0.259. The SMILES string of the molecule is CC(O)C(N)C(=O)NCCCCON(O)O. The third-order valence-corrected chi connectivity index (χ3v) is 1.90. The first kappa shape index (κ1) is 15.2. The molecule has 0 aromatic heterocycles. The van der Waals surface area contributed by atoms with Crippen LogP contribution in [-0.4, -0.2) is 52.1 Å². The van der Waals surface area contributed by atoms with Crippen LogP contribution in [-0.2, 0) is 9.63 Å². The number of nitrogens with two attached hydrogens (primary N) is 1. The smallest absolute Gasteiger partial charge is 0.239 e. The highest BCUT2D eigenvalue weighted by Crippen LogP contribution is 1.92. The first-order chi connectivity index (χ1) is 7.45. The normalized spacial score (nSPS) is 14.9. The number of aliphatic hydroxyl groups excluding tert-OH is 1. The minimum atomic E-state index is -0.929. The molecule has 2 unspecified atom stereocenters. The third kappa shape index (κ3) is 7.51. The zero-order valence-corrected chi connectivity index (χ0v) is 9.17. The lowest BCUT2D eigenvalue weighted by Gasteiger charge is -2.14. The van der Waals surface area contributed by atoms with Crippen molar-refractivity contribution in [3.63, 3.8) is 0 Å². The Balaban J connectivity index is 3.41. The number of nitrogens with one attached hydrogen (secondary N) is 1. The number of rotatable bonds is 8. The fraction of sp³-hybridized carbons (Fsp3) is 0.875. The lowest BCUT2D eigenvalue weighted by Crippen LogP contribution is -2.47. The van der Waals surface area contributed by atoms with E-state index in [2.05, 4.69) is 10.2 Å². The second-order valence-electron chi connectivity index (χ2n) is 3.35. The van der Waals surface area contributed by atoms with Gasteiger partial charge in [-0.25, -0.2) is 0 Å². The molecule has 16 heavy (non-hydrogen) atoms. The predicted octanol–water partition coefficient (Wildman–Crippen LogP) is -1.40. The summed E-state index contributed by atoms with van der Waals surface area (Å²) in [5, 5.41) is 27.6. The molecule has 0 saturated heterocycles. The molecule has 1 amide bonds. The zero-order valence-electron chi connectivity index (χ0n) is 9.17. The molecule has 0 aromatic carbocycles. The molecule has 0 saturated carbocycles. The summed E-state index contributed by atoms with van der Waals surface area (Å²) < 4.78 is 0. The summed E-state index contributed by atoms with van der Waals surface area (Å²) in [6.07, 6.45) is 0.258. The van der Waals surface area contributed by atoms with Crippen molar-refractivity contribution in [3.8, 4) is 0 Å². The van der Waals surface area contributed by atoms with Gasteiger partial charge in [0.2, 0.25) is 5.91 Å². The summed E-state index contributed by atoms with van der Waals surface area (Å²) in [5.41, 5.74) is 5.38. The second kappa shape index (κ2) is 8.39. The molecule has 6 N–H and O–H groups in total. The van der Waals surface area contributed by atoms with Crippen molar-refractivity contribution in [2.75, 3.05) is 13.2 Å². The molecule has 0 radical (unpaired) electrons. The summed E-state index contributed by atoms with van der Waals surface area (Å²) in [4.78, 5) is 15.5. The number of unbranched alkanes of at least 4 members (excludes halogenated alkanes) is 1. The van der Waals surface area contributed by atoms with E-state index in [9.17, 15) is 4.79 Å². The van der Waals surface area contributed by atoms with Crippen molar-refractivity contribution in [1.29, 1.82) is 0 Å². The van der Waals surface area contributed by atoms with Crippen LogP contribution in [0, 0.1) is 0 Å². The van der Waals surface area contributed by atoms with Crippen LogP contribution in [0.25, 0.3) is 0 Å². The molecule has 8 heteroatoms. The van der Waals surface area contributed by atoms with Crippen LogP contribution in [0.2, 0.25) is 0 Å². The number of aliphatic hydroxyl groups is 1. The molecule has 0 aliphatic carbocycles. The number of carbonyl (C=O) groups excluding carboxylic acids is 1. The average molecular weight is 237 g/mol. The van der Waals surface area contributed by atoms with Gasteiger partial charge in [0.1, 0.15) is 6.04 Å². The van der Waals surface area contributed by atoms with Crippen molar-refractivity contribution >= 4 is 5.91 Å². The van der Waals surface area contributed by atoms with Gasteiger partial charge in [-0.1, -0.05) is 0 Å². The first-order valence-corrected chi connectivity index (χ1v) is 4.97. The molecule has 0 bridgehead atoms. The molecule has 0 fully saturated rings. The molecule has 8 nitrogen and oxygen atoms in total. The van der Waals surface area contributed by atoms with Crippen LogP contribution < -0.4 is 11.1 Å². The summed E-state index contributed by atoms with van der Waals surface area (Å²) in [6, 6.07) is -0.929. The number of hydrogen-bond donors (Lipinski definition) is 5. The number of carbonyl (C=O) groups is 1. The molecule has 2 atom stereocenters. The Hall–Kier alpha value is -0.770. The van der Waals surface area contributed by atoms with Gasteiger partial charge in [-0.15, -0.1) is 0 Å². The van der Waals surface area contributed by atoms with E-state index >= 15 is 0 Å². The largest absolute Gasteiger partial charge is 0.391 e. The number of nitrogens with zero attached hydrogens (tertiary/aromatic N) is 1. The fourth-order valence-corrected chi connectivity index (χ4v) is 0.922. The molecular formula is C8H19N3O5. The number of amides is 1. The standard InChI is InChI=1S/C8H19N3O5/c1-6(12)7(9)8(13)10-4-2-3-5-16-11(14)15/h6-7,12,14-15H,2-5,9H2,1H3,(H,10,13). The van der Waals surface area contributed by atoms with E-state index in [1.165, 1.54) is 6.92 Å². The van der Waals surface area contributed by atoms with Crippen LogP contribution in [0.4, 0.5) is 0 Å². The molecule has 0 aromatic rings. The topological polar surface area (TPSA) is 128 Å². The van der Waals surface area contributed by atoms with Crippen molar-refractivity contribution < 1.29 is 25.2 Å². The van der Waals surface area contributed by atoms with Gasteiger partial charge in [-0.2, -0.15) is 0 Å². The second-order valence-corrected chi connectivity index (χ2v) is 3.35. The Morgan fingerprint density at radius 3 is 2.62 bits per heavy atom. The molecule has 96 valence electrons. The zero-order chi connectivity index (χ0) is 12.6. The van der Waals surface area contributed by atoms with E-state index in [4.69, 9.17) is 21.3 Å². The summed E-state index contributed by atoms with van der Waals surface area (Å²) in [5.74, 6) is -0.415. The van der Waals surface area contributed by atoms with Gasteiger partial charge in [0, 0.05) is 6.54 Å². The third-order valence-electron chi connectivity index (χ3n) is 1.90.